The average Bonchev–Trinajstić information content (AvgIpc) is 2.89. The third-order valence-corrected chi connectivity index (χ3v) is 5.08. The first-order chi connectivity index (χ1) is 12.9. The Morgan fingerprint density at radius 2 is 1.81 bits per heavy atom. The van der Waals surface area contributed by atoms with E-state index in [-0.39, 0.29) is 17.1 Å². The fraction of sp³-hybridized carbons (Fsp3) is 0.143. The lowest BCUT2D eigenvalue weighted by Crippen LogP contribution is -2.24. The van der Waals surface area contributed by atoms with Gasteiger partial charge in [0.05, 0.1) is 34.8 Å². The molecular weight excluding hydrogens is 385 g/mol. The highest BCUT2D eigenvalue weighted by Gasteiger charge is 2.36. The molecule has 1 amide bonds. The second-order valence-electron chi connectivity index (χ2n) is 6.06. The number of benzene rings is 2. The zero-order valence-electron chi connectivity index (χ0n) is 14.8. The van der Waals surface area contributed by atoms with E-state index < -0.39 is 5.97 Å². The van der Waals surface area contributed by atoms with Gasteiger partial charge >= 0.3 is 5.97 Å². The van der Waals surface area contributed by atoms with Gasteiger partial charge in [-0.3, -0.25) is 4.79 Å². The molecule has 0 saturated heterocycles. The molecule has 0 unspecified atom stereocenters. The van der Waals surface area contributed by atoms with Crippen LogP contribution in [0.1, 0.15) is 18.1 Å². The van der Waals surface area contributed by atoms with E-state index in [4.69, 9.17) is 27.9 Å². The Bertz CT molecular complexity index is 965. The number of halogens is 2. The molecule has 0 bridgehead atoms. The largest absolute Gasteiger partial charge is 0.465 e. The molecule has 1 aliphatic rings. The van der Waals surface area contributed by atoms with Gasteiger partial charge in [0.15, 0.2) is 0 Å². The smallest absolute Gasteiger partial charge is 0.340 e. The number of hydrogen-bond acceptors (Lipinski definition) is 3. The second-order valence-corrected chi connectivity index (χ2v) is 6.87. The molecule has 0 saturated carbocycles. The highest BCUT2D eigenvalue weighted by molar-refractivity contribution is 6.42. The minimum Gasteiger partial charge on any atom is -0.465 e. The number of esters is 1. The molecule has 0 spiro atoms. The molecule has 2 aromatic rings. The predicted molar refractivity (Wildman–Crippen MR) is 106 cm³/mol. The van der Waals surface area contributed by atoms with Crippen molar-refractivity contribution in [2.75, 3.05) is 7.11 Å². The maximum atomic E-state index is 13.1. The third kappa shape index (κ3) is 3.92. The van der Waals surface area contributed by atoms with Crippen LogP contribution >= 0.6 is 23.2 Å². The van der Waals surface area contributed by atoms with E-state index in [1.54, 1.807) is 36.1 Å². The van der Waals surface area contributed by atoms with Crippen LogP contribution in [0, 0.1) is 0 Å². The Morgan fingerprint density at radius 1 is 1.11 bits per heavy atom. The summed E-state index contributed by atoms with van der Waals surface area (Å²) in [6, 6.07) is 14.6. The summed E-state index contributed by atoms with van der Waals surface area (Å²) in [5, 5.41) is 0.792. The molecule has 3 rings (SSSR count). The number of rotatable bonds is 4. The van der Waals surface area contributed by atoms with Crippen molar-refractivity contribution in [3.8, 4) is 0 Å². The van der Waals surface area contributed by atoms with E-state index in [9.17, 15) is 9.59 Å². The van der Waals surface area contributed by atoms with Crippen molar-refractivity contribution in [1.82, 2.24) is 4.90 Å². The Balaban J connectivity index is 2.04. The number of amides is 1. The van der Waals surface area contributed by atoms with Gasteiger partial charge in [0.2, 0.25) is 0 Å². The van der Waals surface area contributed by atoms with Gasteiger partial charge in [0.25, 0.3) is 5.91 Å². The lowest BCUT2D eigenvalue weighted by Gasteiger charge is -2.17. The van der Waals surface area contributed by atoms with E-state index in [0.29, 0.717) is 27.9 Å². The lowest BCUT2D eigenvalue weighted by molar-refractivity contribution is -0.136. The first-order valence-electron chi connectivity index (χ1n) is 8.24. The predicted octanol–water partition coefficient (Wildman–Crippen LogP) is 4.87. The van der Waals surface area contributed by atoms with E-state index in [1.165, 1.54) is 7.11 Å². The van der Waals surface area contributed by atoms with Crippen molar-refractivity contribution < 1.29 is 14.3 Å². The Kier molecular flexibility index (Phi) is 5.68. The number of carbonyl (C=O) groups is 2. The van der Waals surface area contributed by atoms with Crippen LogP contribution in [0.4, 0.5) is 0 Å². The second kappa shape index (κ2) is 7.99. The molecular formula is C21H17Cl2NO3. The van der Waals surface area contributed by atoms with Gasteiger partial charge in [-0.15, -0.1) is 0 Å². The van der Waals surface area contributed by atoms with Crippen LogP contribution in [0.15, 0.2) is 65.4 Å². The van der Waals surface area contributed by atoms with Crippen molar-refractivity contribution in [2.24, 2.45) is 0 Å². The Hall–Kier alpha value is -2.56. The SMILES string of the molecule is COC(=O)C1=C(C)N(Cc2ccccc2)C(=O)/C1=C\c1ccc(Cl)c(Cl)c1. The maximum Gasteiger partial charge on any atom is 0.340 e. The van der Waals surface area contributed by atoms with E-state index in [2.05, 4.69) is 0 Å². The summed E-state index contributed by atoms with van der Waals surface area (Å²) in [6.07, 6.45) is 1.63. The zero-order chi connectivity index (χ0) is 19.6. The van der Waals surface area contributed by atoms with Crippen LogP contribution in [0.25, 0.3) is 6.08 Å². The van der Waals surface area contributed by atoms with Gasteiger partial charge in [-0.1, -0.05) is 59.6 Å². The molecule has 0 radical (unpaired) electrons. The van der Waals surface area contributed by atoms with Crippen molar-refractivity contribution in [2.45, 2.75) is 13.5 Å². The van der Waals surface area contributed by atoms with Crippen molar-refractivity contribution in [1.29, 1.82) is 0 Å². The van der Waals surface area contributed by atoms with Crippen molar-refractivity contribution in [3.63, 3.8) is 0 Å². The zero-order valence-corrected chi connectivity index (χ0v) is 16.3. The van der Waals surface area contributed by atoms with E-state index in [1.807, 2.05) is 30.3 Å². The van der Waals surface area contributed by atoms with Crippen LogP contribution in [0.2, 0.25) is 10.0 Å². The number of hydrogen-bond donors (Lipinski definition) is 0. The Morgan fingerprint density at radius 3 is 2.44 bits per heavy atom. The van der Waals surface area contributed by atoms with Crippen LogP contribution in [0.3, 0.4) is 0 Å². The first kappa shape index (κ1) is 19.2. The van der Waals surface area contributed by atoms with Gasteiger partial charge < -0.3 is 9.64 Å². The van der Waals surface area contributed by atoms with Gasteiger partial charge in [0, 0.05) is 5.70 Å². The number of nitrogens with zero attached hydrogens (tertiary/aromatic N) is 1. The van der Waals surface area contributed by atoms with Gasteiger partial charge in [-0.05, 0) is 36.3 Å². The molecule has 27 heavy (non-hydrogen) atoms. The van der Waals surface area contributed by atoms with Crippen LogP contribution in [0.5, 0.6) is 0 Å². The van der Waals surface area contributed by atoms with Crippen LogP contribution < -0.4 is 0 Å². The topological polar surface area (TPSA) is 46.6 Å². The number of methoxy groups -OCH3 is 1. The third-order valence-electron chi connectivity index (χ3n) is 4.34. The summed E-state index contributed by atoms with van der Waals surface area (Å²) >= 11 is 12.0. The van der Waals surface area contributed by atoms with Crippen LogP contribution in [-0.4, -0.2) is 23.9 Å². The van der Waals surface area contributed by atoms with Crippen molar-refractivity contribution >= 4 is 41.2 Å². The van der Waals surface area contributed by atoms with E-state index >= 15 is 0 Å². The summed E-state index contributed by atoms with van der Waals surface area (Å²) < 4.78 is 4.90. The summed E-state index contributed by atoms with van der Waals surface area (Å²) in [5.41, 5.74) is 2.72. The minimum absolute atomic E-state index is 0.254. The normalized spacial score (nSPS) is 15.6. The lowest BCUT2D eigenvalue weighted by atomic mass is 10.0. The molecule has 4 nitrogen and oxygen atoms in total. The molecule has 2 aromatic carbocycles. The molecule has 0 fully saturated rings. The highest BCUT2D eigenvalue weighted by Crippen LogP contribution is 2.33. The Labute approximate surface area is 167 Å². The van der Waals surface area contributed by atoms with Gasteiger partial charge in [-0.25, -0.2) is 4.79 Å². The number of allylic oxidation sites excluding steroid dienone is 1. The highest BCUT2D eigenvalue weighted by atomic mass is 35.5. The standard InChI is InChI=1S/C21H17Cl2NO3/c1-13-19(21(26)27-2)16(10-15-8-9-17(22)18(23)11-15)20(25)24(13)12-14-6-4-3-5-7-14/h3-11H,12H2,1-2H3/b16-10-. The molecule has 1 aliphatic heterocycles. The summed E-state index contributed by atoms with van der Waals surface area (Å²) in [5.74, 6) is -0.814. The monoisotopic (exact) mass is 401 g/mol. The summed E-state index contributed by atoms with van der Waals surface area (Å²) in [6.45, 7) is 2.10. The molecule has 6 heteroatoms. The number of ether oxygens (including phenoxy) is 1. The molecule has 0 N–H and O–H groups in total. The van der Waals surface area contributed by atoms with E-state index in [0.717, 1.165) is 5.56 Å². The van der Waals surface area contributed by atoms with Crippen molar-refractivity contribution in [3.05, 3.63) is 86.5 Å². The summed E-state index contributed by atoms with van der Waals surface area (Å²) in [4.78, 5) is 27.0. The van der Waals surface area contributed by atoms with Crippen LogP contribution in [-0.2, 0) is 20.9 Å². The average molecular weight is 402 g/mol. The van der Waals surface area contributed by atoms with Gasteiger partial charge in [0.1, 0.15) is 0 Å². The molecule has 0 aliphatic carbocycles. The molecule has 0 atom stereocenters. The first-order valence-corrected chi connectivity index (χ1v) is 9.00. The summed E-state index contributed by atoms with van der Waals surface area (Å²) in [7, 11) is 1.30. The quantitative estimate of drug-likeness (QED) is 0.542. The molecule has 1 heterocycles. The fourth-order valence-electron chi connectivity index (χ4n) is 2.95. The molecule has 0 aromatic heterocycles. The number of carbonyl (C=O) groups excluding carboxylic acids is 2. The minimum atomic E-state index is -0.553. The molecule has 138 valence electrons. The maximum absolute atomic E-state index is 13.1. The van der Waals surface area contributed by atoms with Gasteiger partial charge in [-0.2, -0.15) is 0 Å². The fourth-order valence-corrected chi connectivity index (χ4v) is 3.26.